The van der Waals surface area contributed by atoms with Crippen molar-refractivity contribution in [2.75, 3.05) is 6.54 Å². The molecular formula is C25H29N3O5S. The highest BCUT2D eigenvalue weighted by Gasteiger charge is 2.33. The Morgan fingerprint density at radius 3 is 2.18 bits per heavy atom. The van der Waals surface area contributed by atoms with Crippen molar-refractivity contribution in [3.05, 3.63) is 90.4 Å². The lowest BCUT2D eigenvalue weighted by Gasteiger charge is -2.33. The monoisotopic (exact) mass is 483 g/mol. The van der Waals surface area contributed by atoms with Gasteiger partial charge in [-0.15, -0.1) is 0 Å². The standard InChI is InChI=1S/C25H29N3O5S/c1-19(2)24(25(30)26-16-20-10-5-3-6-11-20)28(18-21-12-9-15-33-21)23(29)17-27-34(31,32)22-13-7-4-8-14-22/h3-15,19,24,27H,16-18H2,1-2H3,(H,26,30)/t24-/m0/s1. The van der Waals surface area contributed by atoms with Gasteiger partial charge in [-0.25, -0.2) is 13.1 Å². The van der Waals surface area contributed by atoms with E-state index in [0.29, 0.717) is 12.3 Å². The van der Waals surface area contributed by atoms with Gasteiger partial charge in [-0.1, -0.05) is 62.4 Å². The molecule has 34 heavy (non-hydrogen) atoms. The Hall–Kier alpha value is -3.43. The van der Waals surface area contributed by atoms with E-state index in [1.54, 1.807) is 30.3 Å². The van der Waals surface area contributed by atoms with Crippen molar-refractivity contribution in [1.29, 1.82) is 0 Å². The summed E-state index contributed by atoms with van der Waals surface area (Å²) in [5, 5.41) is 2.89. The molecule has 2 aromatic carbocycles. The molecule has 0 bridgehead atoms. The van der Waals surface area contributed by atoms with E-state index in [2.05, 4.69) is 10.0 Å². The summed E-state index contributed by atoms with van der Waals surface area (Å²) in [7, 11) is -3.88. The summed E-state index contributed by atoms with van der Waals surface area (Å²) in [5.74, 6) is -0.615. The molecule has 3 rings (SSSR count). The van der Waals surface area contributed by atoms with Gasteiger partial charge in [0.25, 0.3) is 0 Å². The van der Waals surface area contributed by atoms with Crippen LogP contribution < -0.4 is 10.0 Å². The second kappa shape index (κ2) is 11.6. The first kappa shape index (κ1) is 25.2. The van der Waals surface area contributed by atoms with E-state index in [9.17, 15) is 18.0 Å². The first-order chi connectivity index (χ1) is 16.3. The Morgan fingerprint density at radius 2 is 1.59 bits per heavy atom. The zero-order valence-corrected chi connectivity index (χ0v) is 20.0. The van der Waals surface area contributed by atoms with Crippen LogP contribution in [0.5, 0.6) is 0 Å². The van der Waals surface area contributed by atoms with E-state index < -0.39 is 28.5 Å². The number of benzene rings is 2. The maximum Gasteiger partial charge on any atom is 0.243 e. The molecule has 2 amide bonds. The highest BCUT2D eigenvalue weighted by Crippen LogP contribution is 2.17. The number of nitrogens with one attached hydrogen (secondary N) is 2. The van der Waals surface area contributed by atoms with E-state index in [1.807, 2.05) is 44.2 Å². The fourth-order valence-corrected chi connectivity index (χ4v) is 4.54. The van der Waals surface area contributed by atoms with E-state index in [1.165, 1.54) is 23.3 Å². The van der Waals surface area contributed by atoms with Gasteiger partial charge in [0, 0.05) is 6.54 Å². The molecule has 0 fully saturated rings. The smallest absolute Gasteiger partial charge is 0.243 e. The van der Waals surface area contributed by atoms with E-state index in [4.69, 9.17) is 4.42 Å². The lowest BCUT2D eigenvalue weighted by molar-refractivity contribution is -0.142. The number of sulfonamides is 1. The Kier molecular flexibility index (Phi) is 8.61. The maximum absolute atomic E-state index is 13.2. The van der Waals surface area contributed by atoms with Crippen LogP contribution in [0.3, 0.4) is 0 Å². The molecule has 9 heteroatoms. The van der Waals surface area contributed by atoms with Gasteiger partial charge in [0.2, 0.25) is 21.8 Å². The Balaban J connectivity index is 1.78. The third-order valence-electron chi connectivity index (χ3n) is 5.24. The molecule has 180 valence electrons. The van der Waals surface area contributed by atoms with Crippen molar-refractivity contribution in [2.24, 2.45) is 5.92 Å². The number of hydrogen-bond acceptors (Lipinski definition) is 5. The summed E-state index contributed by atoms with van der Waals surface area (Å²) in [6.07, 6.45) is 1.48. The SMILES string of the molecule is CC(C)[C@@H](C(=O)NCc1ccccc1)N(Cc1ccco1)C(=O)CNS(=O)(=O)c1ccccc1. The molecule has 1 atom stereocenters. The van der Waals surface area contributed by atoms with Crippen LogP contribution in [0.25, 0.3) is 0 Å². The molecule has 2 N–H and O–H groups in total. The van der Waals surface area contributed by atoms with Gasteiger partial charge in [0.1, 0.15) is 11.8 Å². The van der Waals surface area contributed by atoms with Crippen LogP contribution in [0.1, 0.15) is 25.2 Å². The summed E-state index contributed by atoms with van der Waals surface area (Å²) in [6, 6.07) is 19.8. The normalized spacial score (nSPS) is 12.3. The number of carbonyl (C=O) groups is 2. The minimum absolute atomic E-state index is 0.0283. The molecule has 0 radical (unpaired) electrons. The van der Waals surface area contributed by atoms with Gasteiger partial charge < -0.3 is 14.6 Å². The first-order valence-electron chi connectivity index (χ1n) is 11.0. The molecule has 0 saturated carbocycles. The number of carbonyl (C=O) groups excluding carboxylic acids is 2. The van der Waals surface area contributed by atoms with Crippen molar-refractivity contribution in [3.63, 3.8) is 0 Å². The summed E-state index contributed by atoms with van der Waals surface area (Å²) >= 11 is 0. The highest BCUT2D eigenvalue weighted by atomic mass is 32.2. The average Bonchev–Trinajstić information content (AvgIpc) is 3.35. The quantitative estimate of drug-likeness (QED) is 0.436. The zero-order valence-electron chi connectivity index (χ0n) is 19.2. The Labute approximate surface area is 200 Å². The van der Waals surface area contributed by atoms with Crippen LogP contribution >= 0.6 is 0 Å². The Morgan fingerprint density at radius 1 is 0.941 bits per heavy atom. The predicted octanol–water partition coefficient (Wildman–Crippen LogP) is 2.93. The molecule has 1 aromatic heterocycles. The van der Waals surface area contributed by atoms with Crippen LogP contribution in [0.4, 0.5) is 0 Å². The van der Waals surface area contributed by atoms with Crippen LogP contribution in [-0.2, 0) is 32.7 Å². The molecular weight excluding hydrogens is 454 g/mol. The van der Waals surface area contributed by atoms with E-state index in [-0.39, 0.29) is 23.3 Å². The van der Waals surface area contributed by atoms with Crippen LogP contribution in [0.15, 0.2) is 88.4 Å². The third kappa shape index (κ3) is 6.79. The van der Waals surface area contributed by atoms with Crippen molar-refractivity contribution < 1.29 is 22.4 Å². The minimum Gasteiger partial charge on any atom is -0.467 e. The van der Waals surface area contributed by atoms with Gasteiger partial charge in [0.15, 0.2) is 0 Å². The number of nitrogens with zero attached hydrogens (tertiary/aromatic N) is 1. The van der Waals surface area contributed by atoms with Gasteiger partial charge in [-0.05, 0) is 35.7 Å². The topological polar surface area (TPSA) is 109 Å². The number of hydrogen-bond donors (Lipinski definition) is 2. The first-order valence-corrected chi connectivity index (χ1v) is 12.4. The minimum atomic E-state index is -3.88. The molecule has 0 spiro atoms. The summed E-state index contributed by atoms with van der Waals surface area (Å²) in [6.45, 7) is 3.52. The van der Waals surface area contributed by atoms with Gasteiger partial charge in [-0.3, -0.25) is 9.59 Å². The second-order valence-electron chi connectivity index (χ2n) is 8.13. The molecule has 1 heterocycles. The largest absolute Gasteiger partial charge is 0.467 e. The fourth-order valence-electron chi connectivity index (χ4n) is 3.55. The third-order valence-corrected chi connectivity index (χ3v) is 6.66. The lowest BCUT2D eigenvalue weighted by atomic mass is 10.0. The number of furan rings is 1. The molecule has 0 aliphatic carbocycles. The summed E-state index contributed by atoms with van der Waals surface area (Å²) in [4.78, 5) is 27.8. The molecule has 0 aliphatic rings. The molecule has 0 aliphatic heterocycles. The van der Waals surface area contributed by atoms with Crippen molar-refractivity contribution in [1.82, 2.24) is 14.9 Å². The van der Waals surface area contributed by atoms with Crippen molar-refractivity contribution in [2.45, 2.75) is 37.9 Å². The lowest BCUT2D eigenvalue weighted by Crippen LogP contribution is -2.53. The predicted molar refractivity (Wildman–Crippen MR) is 128 cm³/mol. The fraction of sp³-hybridized carbons (Fsp3) is 0.280. The van der Waals surface area contributed by atoms with Crippen LogP contribution in [0.2, 0.25) is 0 Å². The van der Waals surface area contributed by atoms with Gasteiger partial charge in [-0.2, -0.15) is 0 Å². The van der Waals surface area contributed by atoms with Crippen LogP contribution in [0, 0.1) is 5.92 Å². The van der Waals surface area contributed by atoms with E-state index >= 15 is 0 Å². The summed E-state index contributed by atoms with van der Waals surface area (Å²) in [5.41, 5.74) is 0.929. The Bertz CT molecular complexity index is 1160. The van der Waals surface area contributed by atoms with Crippen molar-refractivity contribution in [3.8, 4) is 0 Å². The number of amides is 2. The van der Waals surface area contributed by atoms with Crippen molar-refractivity contribution >= 4 is 21.8 Å². The van der Waals surface area contributed by atoms with Gasteiger partial charge >= 0.3 is 0 Å². The average molecular weight is 484 g/mol. The maximum atomic E-state index is 13.2. The van der Waals surface area contributed by atoms with Crippen LogP contribution in [-0.4, -0.2) is 37.7 Å². The molecule has 8 nitrogen and oxygen atoms in total. The number of rotatable bonds is 11. The molecule has 0 saturated heterocycles. The van der Waals surface area contributed by atoms with Gasteiger partial charge in [0.05, 0.1) is 24.2 Å². The molecule has 0 unspecified atom stereocenters. The molecule has 3 aromatic rings. The zero-order chi connectivity index (χ0) is 24.6. The summed E-state index contributed by atoms with van der Waals surface area (Å²) < 4.78 is 32.9. The second-order valence-corrected chi connectivity index (χ2v) is 9.90. The highest BCUT2D eigenvalue weighted by molar-refractivity contribution is 7.89. The van der Waals surface area contributed by atoms with E-state index in [0.717, 1.165) is 5.56 Å².